The van der Waals surface area contributed by atoms with Gasteiger partial charge in [-0.15, -0.1) is 0 Å². The first-order valence-corrected chi connectivity index (χ1v) is 6.08. The molecule has 0 aliphatic heterocycles. The summed E-state index contributed by atoms with van der Waals surface area (Å²) in [6.45, 7) is 0. The smallest absolute Gasteiger partial charge is 0.232 e. The first-order valence-electron chi connectivity index (χ1n) is 6.08. The molecule has 4 heteroatoms. The summed E-state index contributed by atoms with van der Waals surface area (Å²) in [6.07, 6.45) is -0.246. The SMILES string of the molecule is N#Cc1ccccc1NC(=O)CC(=O)c1ccccc1. The lowest BCUT2D eigenvalue weighted by molar-refractivity contribution is -0.115. The van der Waals surface area contributed by atoms with Crippen LogP contribution in [0.3, 0.4) is 0 Å². The van der Waals surface area contributed by atoms with Crippen LogP contribution in [0.15, 0.2) is 54.6 Å². The molecule has 2 rings (SSSR count). The molecule has 0 heterocycles. The van der Waals surface area contributed by atoms with E-state index in [1.54, 1.807) is 54.6 Å². The fourth-order valence-electron chi connectivity index (χ4n) is 1.76. The summed E-state index contributed by atoms with van der Waals surface area (Å²) in [5.41, 5.74) is 1.28. The maximum atomic E-state index is 11.9. The Hall–Kier alpha value is -2.93. The number of rotatable bonds is 4. The number of Topliss-reactive ketones (excluding diaryl/α,β-unsaturated/α-hetero) is 1. The van der Waals surface area contributed by atoms with E-state index in [0.29, 0.717) is 16.8 Å². The Bertz CT molecular complexity index is 672. The number of carbonyl (C=O) groups excluding carboxylic acids is 2. The van der Waals surface area contributed by atoms with E-state index in [0.717, 1.165) is 0 Å². The highest BCUT2D eigenvalue weighted by Crippen LogP contribution is 2.14. The highest BCUT2D eigenvalue weighted by atomic mass is 16.2. The summed E-state index contributed by atoms with van der Waals surface area (Å²) in [7, 11) is 0. The Morgan fingerprint density at radius 1 is 1.00 bits per heavy atom. The van der Waals surface area contributed by atoms with E-state index in [1.807, 2.05) is 6.07 Å². The number of benzene rings is 2. The van der Waals surface area contributed by atoms with Crippen LogP contribution in [-0.4, -0.2) is 11.7 Å². The number of ketones is 1. The number of para-hydroxylation sites is 1. The first-order chi connectivity index (χ1) is 9.70. The zero-order valence-corrected chi connectivity index (χ0v) is 10.7. The standard InChI is InChI=1S/C16H12N2O2/c17-11-13-8-4-5-9-14(13)18-16(20)10-15(19)12-6-2-1-3-7-12/h1-9H,10H2,(H,18,20). The van der Waals surface area contributed by atoms with E-state index in [1.165, 1.54) is 0 Å². The van der Waals surface area contributed by atoms with Crippen LogP contribution in [-0.2, 0) is 4.79 Å². The molecule has 0 bridgehead atoms. The molecule has 4 nitrogen and oxygen atoms in total. The van der Waals surface area contributed by atoms with Gasteiger partial charge in [-0.3, -0.25) is 9.59 Å². The molecule has 0 fully saturated rings. The normalized spacial score (nSPS) is 9.55. The molecule has 2 aromatic carbocycles. The van der Waals surface area contributed by atoms with E-state index in [2.05, 4.69) is 5.32 Å². The van der Waals surface area contributed by atoms with E-state index < -0.39 is 5.91 Å². The van der Waals surface area contributed by atoms with Gasteiger partial charge in [-0.1, -0.05) is 42.5 Å². The van der Waals surface area contributed by atoms with Crippen molar-refractivity contribution in [2.45, 2.75) is 6.42 Å². The molecule has 0 aliphatic carbocycles. The van der Waals surface area contributed by atoms with E-state index >= 15 is 0 Å². The molecule has 2 aromatic rings. The number of anilines is 1. The fraction of sp³-hybridized carbons (Fsp3) is 0.0625. The lowest BCUT2D eigenvalue weighted by Gasteiger charge is -2.06. The number of carbonyl (C=O) groups is 2. The second-order valence-corrected chi connectivity index (χ2v) is 4.17. The lowest BCUT2D eigenvalue weighted by Crippen LogP contribution is -2.17. The van der Waals surface area contributed by atoms with Crippen LogP contribution in [0.2, 0.25) is 0 Å². The largest absolute Gasteiger partial charge is 0.325 e. The van der Waals surface area contributed by atoms with E-state index in [9.17, 15) is 9.59 Å². The molecule has 0 spiro atoms. The van der Waals surface area contributed by atoms with Gasteiger partial charge < -0.3 is 5.32 Å². The minimum absolute atomic E-state index is 0.246. The predicted molar refractivity (Wildman–Crippen MR) is 75.2 cm³/mol. The molecule has 0 atom stereocenters. The van der Waals surface area contributed by atoms with Crippen molar-refractivity contribution < 1.29 is 9.59 Å². The van der Waals surface area contributed by atoms with Crippen LogP contribution >= 0.6 is 0 Å². The van der Waals surface area contributed by atoms with Crippen LogP contribution in [0.5, 0.6) is 0 Å². The molecule has 0 radical (unpaired) electrons. The summed E-state index contributed by atoms with van der Waals surface area (Å²) in [5.74, 6) is -0.681. The van der Waals surface area contributed by atoms with Gasteiger partial charge in [0.25, 0.3) is 0 Å². The zero-order chi connectivity index (χ0) is 14.4. The molecular formula is C16H12N2O2. The van der Waals surface area contributed by atoms with Crippen LogP contribution in [0.4, 0.5) is 5.69 Å². The third-order valence-electron chi connectivity index (χ3n) is 2.74. The average Bonchev–Trinajstić information content (AvgIpc) is 2.48. The minimum Gasteiger partial charge on any atom is -0.325 e. The average molecular weight is 264 g/mol. The van der Waals surface area contributed by atoms with Crippen molar-refractivity contribution >= 4 is 17.4 Å². The molecule has 1 amide bonds. The lowest BCUT2D eigenvalue weighted by atomic mass is 10.1. The molecule has 20 heavy (non-hydrogen) atoms. The van der Waals surface area contributed by atoms with Gasteiger partial charge in [0.1, 0.15) is 6.07 Å². The van der Waals surface area contributed by atoms with Gasteiger partial charge in [-0.2, -0.15) is 5.26 Å². The van der Waals surface area contributed by atoms with Crippen molar-refractivity contribution in [2.24, 2.45) is 0 Å². The summed E-state index contributed by atoms with van der Waals surface area (Å²) in [6, 6.07) is 17.3. The van der Waals surface area contributed by atoms with Gasteiger partial charge >= 0.3 is 0 Å². The Morgan fingerprint density at radius 2 is 1.65 bits per heavy atom. The first kappa shape index (κ1) is 13.5. The molecule has 98 valence electrons. The quantitative estimate of drug-likeness (QED) is 0.681. The van der Waals surface area contributed by atoms with E-state index in [-0.39, 0.29) is 12.2 Å². The molecule has 0 aliphatic rings. The molecule has 0 aromatic heterocycles. The topological polar surface area (TPSA) is 70.0 Å². The molecule has 0 saturated heterocycles. The Morgan fingerprint density at radius 3 is 2.35 bits per heavy atom. The molecule has 0 unspecified atom stereocenters. The van der Waals surface area contributed by atoms with Crippen molar-refractivity contribution in [1.82, 2.24) is 0 Å². The molecule has 0 saturated carbocycles. The third-order valence-corrected chi connectivity index (χ3v) is 2.74. The summed E-state index contributed by atoms with van der Waals surface area (Å²) in [4.78, 5) is 23.7. The number of nitrogens with one attached hydrogen (secondary N) is 1. The predicted octanol–water partition coefficient (Wildman–Crippen LogP) is 2.77. The second kappa shape index (κ2) is 6.30. The maximum Gasteiger partial charge on any atom is 0.232 e. The number of hydrogen-bond acceptors (Lipinski definition) is 3. The summed E-state index contributed by atoms with van der Waals surface area (Å²) < 4.78 is 0. The second-order valence-electron chi connectivity index (χ2n) is 4.17. The van der Waals surface area contributed by atoms with Crippen molar-refractivity contribution in [2.75, 3.05) is 5.32 Å². The maximum absolute atomic E-state index is 11.9. The highest BCUT2D eigenvalue weighted by Gasteiger charge is 2.12. The Balaban J connectivity index is 2.03. The van der Waals surface area contributed by atoms with Crippen LogP contribution in [0.25, 0.3) is 0 Å². The van der Waals surface area contributed by atoms with Crippen molar-refractivity contribution in [3.05, 3.63) is 65.7 Å². The van der Waals surface area contributed by atoms with Crippen molar-refractivity contribution in [3.63, 3.8) is 0 Å². The monoisotopic (exact) mass is 264 g/mol. The summed E-state index contributed by atoms with van der Waals surface area (Å²) in [5, 5.41) is 11.5. The fourth-order valence-corrected chi connectivity index (χ4v) is 1.76. The van der Waals surface area contributed by atoms with Crippen LogP contribution in [0, 0.1) is 11.3 Å². The molecular weight excluding hydrogens is 252 g/mol. The van der Waals surface area contributed by atoms with Gasteiger partial charge in [0, 0.05) is 5.56 Å². The number of hydrogen-bond donors (Lipinski definition) is 1. The number of amides is 1. The van der Waals surface area contributed by atoms with Gasteiger partial charge in [0.2, 0.25) is 5.91 Å². The van der Waals surface area contributed by atoms with Gasteiger partial charge in [-0.05, 0) is 12.1 Å². The van der Waals surface area contributed by atoms with Gasteiger partial charge in [-0.25, -0.2) is 0 Å². The number of nitrogens with zero attached hydrogens (tertiary/aromatic N) is 1. The number of nitriles is 1. The Kier molecular flexibility index (Phi) is 4.25. The van der Waals surface area contributed by atoms with Crippen molar-refractivity contribution in [1.29, 1.82) is 5.26 Å². The van der Waals surface area contributed by atoms with Crippen LogP contribution in [0.1, 0.15) is 22.3 Å². The van der Waals surface area contributed by atoms with Crippen molar-refractivity contribution in [3.8, 4) is 6.07 Å². The van der Waals surface area contributed by atoms with Crippen LogP contribution < -0.4 is 5.32 Å². The third kappa shape index (κ3) is 3.30. The summed E-state index contributed by atoms with van der Waals surface area (Å²) >= 11 is 0. The zero-order valence-electron chi connectivity index (χ0n) is 10.7. The van der Waals surface area contributed by atoms with Gasteiger partial charge in [0.05, 0.1) is 17.7 Å². The van der Waals surface area contributed by atoms with Gasteiger partial charge in [0.15, 0.2) is 5.78 Å². The minimum atomic E-state index is -0.429. The Labute approximate surface area is 116 Å². The van der Waals surface area contributed by atoms with E-state index in [4.69, 9.17) is 5.26 Å². The highest BCUT2D eigenvalue weighted by molar-refractivity contribution is 6.11. The molecule has 1 N–H and O–H groups in total.